The van der Waals surface area contributed by atoms with E-state index in [0.29, 0.717) is 17.9 Å². The highest BCUT2D eigenvalue weighted by atomic mass is 32.2. The van der Waals surface area contributed by atoms with Crippen LogP contribution < -0.4 is 5.73 Å². The third kappa shape index (κ3) is 4.22. The molecule has 0 aromatic carbocycles. The second-order valence-corrected chi connectivity index (χ2v) is 6.34. The number of thioether (sulfide) groups is 1. The van der Waals surface area contributed by atoms with Crippen molar-refractivity contribution in [1.82, 2.24) is 14.8 Å². The molecule has 98 valence electrons. The molecule has 0 radical (unpaired) electrons. The van der Waals surface area contributed by atoms with Crippen LogP contribution in [0.3, 0.4) is 0 Å². The van der Waals surface area contributed by atoms with Crippen LogP contribution in [0.2, 0.25) is 0 Å². The fourth-order valence-corrected chi connectivity index (χ4v) is 3.07. The van der Waals surface area contributed by atoms with Crippen LogP contribution >= 0.6 is 11.8 Å². The molecule has 1 aromatic rings. The number of anilines is 1. The molecule has 5 heteroatoms. The number of rotatable bonds is 6. The van der Waals surface area contributed by atoms with E-state index in [-0.39, 0.29) is 0 Å². The van der Waals surface area contributed by atoms with E-state index in [0.717, 1.165) is 16.8 Å². The van der Waals surface area contributed by atoms with E-state index in [1.807, 2.05) is 4.57 Å². The van der Waals surface area contributed by atoms with Gasteiger partial charge in [0.05, 0.1) is 0 Å². The van der Waals surface area contributed by atoms with Crippen LogP contribution in [0, 0.1) is 11.8 Å². The zero-order chi connectivity index (χ0) is 13.0. The second-order valence-electron chi connectivity index (χ2n) is 5.35. The molecule has 0 bridgehead atoms. The van der Waals surface area contributed by atoms with Gasteiger partial charge in [0, 0.05) is 11.8 Å². The molecule has 17 heavy (non-hydrogen) atoms. The number of hydrogen-bond donors (Lipinski definition) is 1. The molecule has 2 N–H and O–H groups in total. The van der Waals surface area contributed by atoms with Crippen molar-refractivity contribution >= 4 is 17.7 Å². The summed E-state index contributed by atoms with van der Waals surface area (Å²) in [7, 11) is 0. The van der Waals surface area contributed by atoms with E-state index in [9.17, 15) is 0 Å². The highest BCUT2D eigenvalue weighted by Gasteiger charge is 2.14. The zero-order valence-electron chi connectivity index (χ0n) is 11.5. The summed E-state index contributed by atoms with van der Waals surface area (Å²) >= 11 is 1.76. The van der Waals surface area contributed by atoms with Crippen molar-refractivity contribution in [2.24, 2.45) is 11.8 Å². The number of nitrogens with zero attached hydrogens (tertiary/aromatic N) is 3. The molecule has 1 unspecified atom stereocenters. The summed E-state index contributed by atoms with van der Waals surface area (Å²) in [5, 5.41) is 9.02. The Morgan fingerprint density at radius 2 is 1.82 bits per heavy atom. The Balaban J connectivity index is 2.57. The van der Waals surface area contributed by atoms with E-state index in [2.05, 4.69) is 44.8 Å². The van der Waals surface area contributed by atoms with Gasteiger partial charge in [0.25, 0.3) is 0 Å². The average Bonchev–Trinajstić information content (AvgIpc) is 2.55. The van der Waals surface area contributed by atoms with Crippen LogP contribution in [0.4, 0.5) is 5.95 Å². The average molecular weight is 256 g/mol. The standard InChI is InChI=1S/C12H24N4S/c1-8(2)6-10(5)7-17-12-15-14-11(13)16(12)9(3)4/h8-10H,6-7H2,1-5H3,(H2,13,14). The molecular formula is C12H24N4S. The maximum absolute atomic E-state index is 5.81. The minimum atomic E-state index is 0.313. The summed E-state index contributed by atoms with van der Waals surface area (Å²) in [5.41, 5.74) is 5.81. The largest absolute Gasteiger partial charge is 0.368 e. The number of aromatic nitrogens is 3. The summed E-state index contributed by atoms with van der Waals surface area (Å²) in [6.45, 7) is 11.0. The van der Waals surface area contributed by atoms with Crippen LogP contribution in [-0.2, 0) is 0 Å². The molecule has 1 aromatic heterocycles. The van der Waals surface area contributed by atoms with Crippen molar-refractivity contribution in [3.63, 3.8) is 0 Å². The van der Waals surface area contributed by atoms with Gasteiger partial charge in [-0.15, -0.1) is 10.2 Å². The third-order valence-electron chi connectivity index (χ3n) is 2.58. The summed E-state index contributed by atoms with van der Waals surface area (Å²) in [4.78, 5) is 0. The van der Waals surface area contributed by atoms with Gasteiger partial charge >= 0.3 is 0 Å². The molecular weight excluding hydrogens is 232 g/mol. The van der Waals surface area contributed by atoms with Gasteiger partial charge in [-0.2, -0.15) is 0 Å². The first-order chi connectivity index (χ1) is 7.91. The van der Waals surface area contributed by atoms with Gasteiger partial charge in [-0.3, -0.25) is 4.57 Å². The van der Waals surface area contributed by atoms with Gasteiger partial charge in [-0.25, -0.2) is 0 Å². The number of nitrogen functional groups attached to an aromatic ring is 1. The van der Waals surface area contributed by atoms with Crippen molar-refractivity contribution in [3.05, 3.63) is 0 Å². The van der Waals surface area contributed by atoms with Crippen molar-refractivity contribution in [3.8, 4) is 0 Å². The van der Waals surface area contributed by atoms with Crippen LogP contribution in [-0.4, -0.2) is 20.5 Å². The Morgan fingerprint density at radius 3 is 2.35 bits per heavy atom. The minimum Gasteiger partial charge on any atom is -0.368 e. The predicted octanol–water partition coefficient (Wildman–Crippen LogP) is 3.22. The molecule has 0 fully saturated rings. The predicted molar refractivity (Wildman–Crippen MR) is 74.2 cm³/mol. The van der Waals surface area contributed by atoms with E-state index in [1.54, 1.807) is 11.8 Å². The normalized spacial score (nSPS) is 13.6. The lowest BCUT2D eigenvalue weighted by Crippen LogP contribution is -2.08. The first-order valence-corrected chi connectivity index (χ1v) is 7.23. The molecule has 1 heterocycles. The molecule has 0 aliphatic rings. The zero-order valence-corrected chi connectivity index (χ0v) is 12.3. The van der Waals surface area contributed by atoms with Crippen molar-refractivity contribution in [2.75, 3.05) is 11.5 Å². The fraction of sp³-hybridized carbons (Fsp3) is 0.833. The molecule has 0 aliphatic carbocycles. The quantitative estimate of drug-likeness (QED) is 0.794. The van der Waals surface area contributed by atoms with E-state index >= 15 is 0 Å². The molecule has 1 atom stereocenters. The van der Waals surface area contributed by atoms with E-state index in [4.69, 9.17) is 5.73 Å². The SMILES string of the molecule is CC(C)CC(C)CSc1nnc(N)n1C(C)C. The van der Waals surface area contributed by atoms with Crippen molar-refractivity contribution in [2.45, 2.75) is 52.2 Å². The summed E-state index contributed by atoms with van der Waals surface area (Å²) in [6, 6.07) is 0.313. The maximum Gasteiger partial charge on any atom is 0.222 e. The lowest BCUT2D eigenvalue weighted by Gasteiger charge is -2.15. The lowest BCUT2D eigenvalue weighted by molar-refractivity contribution is 0.473. The summed E-state index contributed by atoms with van der Waals surface area (Å²) < 4.78 is 1.99. The Kier molecular flexibility index (Phi) is 5.31. The Labute approximate surface area is 108 Å². The molecule has 0 saturated heterocycles. The summed E-state index contributed by atoms with van der Waals surface area (Å²) in [5.74, 6) is 3.03. The topological polar surface area (TPSA) is 56.7 Å². The highest BCUT2D eigenvalue weighted by molar-refractivity contribution is 7.99. The Morgan fingerprint density at radius 1 is 1.18 bits per heavy atom. The molecule has 0 spiro atoms. The number of hydrogen-bond acceptors (Lipinski definition) is 4. The van der Waals surface area contributed by atoms with Crippen LogP contribution in [0.25, 0.3) is 0 Å². The smallest absolute Gasteiger partial charge is 0.222 e. The van der Waals surface area contributed by atoms with Crippen molar-refractivity contribution < 1.29 is 0 Å². The van der Waals surface area contributed by atoms with Gasteiger partial charge in [-0.05, 0) is 32.1 Å². The fourth-order valence-electron chi connectivity index (χ4n) is 1.96. The molecule has 0 amide bonds. The first kappa shape index (κ1) is 14.4. The maximum atomic E-state index is 5.81. The van der Waals surface area contributed by atoms with Gasteiger partial charge in [0.1, 0.15) is 0 Å². The molecule has 0 saturated carbocycles. The van der Waals surface area contributed by atoms with E-state index in [1.165, 1.54) is 6.42 Å². The molecule has 4 nitrogen and oxygen atoms in total. The van der Waals surface area contributed by atoms with Gasteiger partial charge in [0.15, 0.2) is 5.16 Å². The van der Waals surface area contributed by atoms with Crippen LogP contribution in [0.15, 0.2) is 5.16 Å². The lowest BCUT2D eigenvalue weighted by atomic mass is 10.0. The molecule has 1 rings (SSSR count). The minimum absolute atomic E-state index is 0.313. The van der Waals surface area contributed by atoms with E-state index < -0.39 is 0 Å². The van der Waals surface area contributed by atoms with Gasteiger partial charge < -0.3 is 5.73 Å². The number of nitrogens with two attached hydrogens (primary N) is 1. The summed E-state index contributed by atoms with van der Waals surface area (Å²) in [6.07, 6.45) is 1.25. The Hall–Kier alpha value is -0.710. The van der Waals surface area contributed by atoms with Crippen LogP contribution in [0.5, 0.6) is 0 Å². The highest BCUT2D eigenvalue weighted by Crippen LogP contribution is 2.26. The first-order valence-electron chi connectivity index (χ1n) is 6.25. The van der Waals surface area contributed by atoms with Gasteiger partial charge in [0.2, 0.25) is 5.95 Å². The monoisotopic (exact) mass is 256 g/mol. The van der Waals surface area contributed by atoms with Crippen LogP contribution in [0.1, 0.15) is 47.1 Å². The third-order valence-corrected chi connectivity index (χ3v) is 3.85. The second kappa shape index (κ2) is 6.28. The van der Waals surface area contributed by atoms with Gasteiger partial charge in [-0.1, -0.05) is 32.5 Å². The molecule has 0 aliphatic heterocycles. The Bertz CT molecular complexity index is 346. The van der Waals surface area contributed by atoms with Crippen molar-refractivity contribution in [1.29, 1.82) is 0 Å².